The highest BCUT2D eigenvalue weighted by Crippen LogP contribution is 2.31. The van der Waals surface area contributed by atoms with Crippen LogP contribution in [-0.4, -0.2) is 30.5 Å². The number of carbonyl (C=O) groups is 2. The minimum Gasteiger partial charge on any atom is -0.371 e. The summed E-state index contributed by atoms with van der Waals surface area (Å²) in [5.74, 6) is 1.17. The van der Waals surface area contributed by atoms with Gasteiger partial charge in [-0.3, -0.25) is 9.79 Å². The Balaban J connectivity index is 2.15. The van der Waals surface area contributed by atoms with Crippen LogP contribution in [0.25, 0.3) is 0 Å². The van der Waals surface area contributed by atoms with E-state index in [1.54, 1.807) is 0 Å². The molecular formula is C37H70N2O2. The lowest BCUT2D eigenvalue weighted by Crippen LogP contribution is -2.37. The lowest BCUT2D eigenvalue weighted by Gasteiger charge is -2.28. The molecule has 0 saturated heterocycles. The van der Waals surface area contributed by atoms with Crippen molar-refractivity contribution in [3.05, 3.63) is 0 Å². The molecule has 4 heteroatoms. The van der Waals surface area contributed by atoms with Crippen molar-refractivity contribution in [3.63, 3.8) is 0 Å². The quantitative estimate of drug-likeness (QED) is 0.0661. The molecule has 0 spiro atoms. The second-order valence-corrected chi connectivity index (χ2v) is 13.4. The van der Waals surface area contributed by atoms with Gasteiger partial charge in [-0.15, -0.1) is 0 Å². The molecule has 0 aromatic rings. The van der Waals surface area contributed by atoms with Gasteiger partial charge >= 0.3 is 0 Å². The van der Waals surface area contributed by atoms with Gasteiger partial charge in [-0.2, -0.15) is 0 Å². The van der Waals surface area contributed by atoms with Gasteiger partial charge in [-0.25, -0.2) is 0 Å². The maximum atomic E-state index is 12.8. The first-order chi connectivity index (χ1) is 20.1. The second kappa shape index (κ2) is 26.4. The van der Waals surface area contributed by atoms with Crippen LogP contribution in [-0.2, 0) is 9.59 Å². The summed E-state index contributed by atoms with van der Waals surface area (Å²) in [6, 6.07) is -0.254. The summed E-state index contributed by atoms with van der Waals surface area (Å²) in [5.41, 5.74) is -0.259. The summed E-state index contributed by atoms with van der Waals surface area (Å²) in [5, 5.41) is 3.43. The minimum absolute atomic E-state index is 0.254. The van der Waals surface area contributed by atoms with E-state index < -0.39 is 0 Å². The van der Waals surface area contributed by atoms with Crippen molar-refractivity contribution in [1.82, 2.24) is 5.32 Å². The van der Waals surface area contributed by atoms with Crippen LogP contribution in [0, 0.1) is 5.41 Å². The maximum Gasteiger partial charge on any atom is 0.159 e. The molecule has 0 saturated carbocycles. The van der Waals surface area contributed by atoms with Crippen LogP contribution >= 0.6 is 0 Å². The number of unbranched alkanes of at least 4 members (excludes halogenated alkanes) is 23. The molecular weight excluding hydrogens is 504 g/mol. The Kier molecular flexibility index (Phi) is 24.4. The van der Waals surface area contributed by atoms with E-state index in [0.29, 0.717) is 19.4 Å². The number of nitrogens with zero attached hydrogens (tertiary/aromatic N) is 1. The predicted octanol–water partition coefficient (Wildman–Crippen LogP) is 11.1. The van der Waals surface area contributed by atoms with E-state index in [-0.39, 0.29) is 17.2 Å². The van der Waals surface area contributed by atoms with Gasteiger partial charge in [0.25, 0.3) is 0 Å². The Morgan fingerprint density at radius 2 is 1.07 bits per heavy atom. The van der Waals surface area contributed by atoms with Crippen LogP contribution in [0.2, 0.25) is 0 Å². The highest BCUT2D eigenvalue weighted by Gasteiger charge is 2.35. The number of rotatable bonds is 31. The minimum atomic E-state index is -0.259. The first-order valence-corrected chi connectivity index (χ1v) is 18.4. The standard InChI is InChI=1S/C37H70N2O2/c1-4-6-8-10-12-14-16-18-19-21-23-25-27-29-35(41)34-33-38-36(39-34)37(3,31-32-40)30-28-26-24-22-20-17-15-13-11-9-7-5-2/h32,34H,4-31,33H2,1-3H3,(H,38,39). The van der Waals surface area contributed by atoms with Gasteiger partial charge in [0, 0.05) is 24.8 Å². The molecule has 0 amide bonds. The number of amidine groups is 1. The van der Waals surface area contributed by atoms with Crippen molar-refractivity contribution < 1.29 is 9.59 Å². The molecule has 41 heavy (non-hydrogen) atoms. The molecule has 2 unspecified atom stereocenters. The first-order valence-electron chi connectivity index (χ1n) is 18.4. The zero-order valence-electron chi connectivity index (χ0n) is 27.9. The molecule has 1 heterocycles. The summed E-state index contributed by atoms with van der Waals surface area (Å²) >= 11 is 0. The van der Waals surface area contributed by atoms with Crippen LogP contribution in [0.5, 0.6) is 0 Å². The average molecular weight is 575 g/mol. The summed E-state index contributed by atoms with van der Waals surface area (Å²) in [4.78, 5) is 29.2. The number of hydrogen-bond donors (Lipinski definition) is 1. The number of aliphatic imine (C=N–C) groups is 1. The van der Waals surface area contributed by atoms with Crippen molar-refractivity contribution in [2.75, 3.05) is 6.54 Å². The highest BCUT2D eigenvalue weighted by molar-refractivity contribution is 5.96. The average Bonchev–Trinajstić information content (AvgIpc) is 3.48. The Bertz CT molecular complexity index is 661. The Labute approximate surface area is 256 Å². The normalized spacial score (nSPS) is 16.4. The van der Waals surface area contributed by atoms with E-state index in [1.807, 2.05) is 0 Å². The molecule has 2 atom stereocenters. The number of ketones is 1. The van der Waals surface area contributed by atoms with E-state index in [9.17, 15) is 9.59 Å². The van der Waals surface area contributed by atoms with Crippen molar-refractivity contribution in [2.24, 2.45) is 10.4 Å². The SMILES string of the molecule is CCCCCCCCCCCCCCCC(=O)C1CNC(C(C)(CC=O)CCCCCCCCCCCCCC)=N1. The van der Waals surface area contributed by atoms with Crippen molar-refractivity contribution in [3.8, 4) is 0 Å². The first kappa shape index (κ1) is 37.8. The van der Waals surface area contributed by atoms with Crippen LogP contribution in [0.15, 0.2) is 4.99 Å². The summed E-state index contributed by atoms with van der Waals surface area (Å²) in [6.45, 7) is 7.32. The van der Waals surface area contributed by atoms with Crippen molar-refractivity contribution in [2.45, 2.75) is 207 Å². The van der Waals surface area contributed by atoms with Crippen LogP contribution in [0.3, 0.4) is 0 Å². The molecule has 1 aliphatic rings. The Morgan fingerprint density at radius 1 is 0.683 bits per heavy atom. The summed E-state index contributed by atoms with van der Waals surface area (Å²) in [6.07, 6.45) is 36.3. The van der Waals surface area contributed by atoms with Crippen molar-refractivity contribution >= 4 is 17.9 Å². The third kappa shape index (κ3) is 19.6. The summed E-state index contributed by atoms with van der Waals surface area (Å²) in [7, 11) is 0. The van der Waals surface area contributed by atoms with Crippen molar-refractivity contribution in [1.29, 1.82) is 0 Å². The molecule has 1 rings (SSSR count). The smallest absolute Gasteiger partial charge is 0.159 e. The van der Waals surface area contributed by atoms with Gasteiger partial charge in [-0.1, -0.05) is 175 Å². The lowest BCUT2D eigenvalue weighted by molar-refractivity contribution is -0.120. The van der Waals surface area contributed by atoms with Gasteiger partial charge in [-0.05, 0) is 12.8 Å². The number of nitrogens with one attached hydrogen (secondary N) is 1. The van der Waals surface area contributed by atoms with Gasteiger partial charge in [0.15, 0.2) is 5.78 Å². The molecule has 0 bridgehead atoms. The highest BCUT2D eigenvalue weighted by atomic mass is 16.1. The monoisotopic (exact) mass is 575 g/mol. The maximum absolute atomic E-state index is 12.8. The zero-order chi connectivity index (χ0) is 29.9. The van der Waals surface area contributed by atoms with E-state index in [4.69, 9.17) is 4.99 Å². The topological polar surface area (TPSA) is 58.5 Å². The number of aldehydes is 1. The van der Waals surface area contributed by atoms with E-state index in [0.717, 1.165) is 37.8 Å². The predicted molar refractivity (Wildman–Crippen MR) is 179 cm³/mol. The van der Waals surface area contributed by atoms with Gasteiger partial charge in [0.2, 0.25) is 0 Å². The third-order valence-electron chi connectivity index (χ3n) is 9.33. The number of carbonyl (C=O) groups excluding carboxylic acids is 2. The Morgan fingerprint density at radius 3 is 1.49 bits per heavy atom. The van der Waals surface area contributed by atoms with E-state index in [2.05, 4.69) is 26.1 Å². The lowest BCUT2D eigenvalue weighted by atomic mass is 9.80. The molecule has 0 fully saturated rings. The van der Waals surface area contributed by atoms with Crippen LogP contribution in [0.4, 0.5) is 0 Å². The molecule has 240 valence electrons. The second-order valence-electron chi connectivity index (χ2n) is 13.4. The summed E-state index contributed by atoms with van der Waals surface area (Å²) < 4.78 is 0. The largest absolute Gasteiger partial charge is 0.371 e. The van der Waals surface area contributed by atoms with E-state index >= 15 is 0 Å². The fourth-order valence-corrected chi connectivity index (χ4v) is 6.34. The molecule has 4 nitrogen and oxygen atoms in total. The van der Waals surface area contributed by atoms with Gasteiger partial charge in [0.05, 0.1) is 0 Å². The molecule has 0 aromatic carbocycles. The fraction of sp³-hybridized carbons (Fsp3) is 0.919. The number of Topliss-reactive ketones (excluding diaryl/α,β-unsaturated/α-hetero) is 1. The fourth-order valence-electron chi connectivity index (χ4n) is 6.34. The Hall–Kier alpha value is -1.19. The van der Waals surface area contributed by atoms with Crippen LogP contribution in [0.1, 0.15) is 201 Å². The molecule has 1 aliphatic heterocycles. The molecule has 0 aliphatic carbocycles. The zero-order valence-corrected chi connectivity index (χ0v) is 27.9. The third-order valence-corrected chi connectivity index (χ3v) is 9.33. The molecule has 1 N–H and O–H groups in total. The molecule has 0 aromatic heterocycles. The van der Waals surface area contributed by atoms with E-state index in [1.165, 1.54) is 141 Å². The number of hydrogen-bond acceptors (Lipinski definition) is 4. The van der Waals surface area contributed by atoms with Gasteiger partial charge < -0.3 is 10.1 Å². The molecule has 0 radical (unpaired) electrons. The van der Waals surface area contributed by atoms with Crippen LogP contribution < -0.4 is 5.32 Å². The van der Waals surface area contributed by atoms with Gasteiger partial charge in [0.1, 0.15) is 18.2 Å².